The molecule has 1 aliphatic rings. The van der Waals surface area contributed by atoms with Crippen molar-refractivity contribution in [1.29, 1.82) is 0 Å². The molecule has 2 N–H and O–H groups in total. The molecule has 1 fully saturated rings. The molecule has 0 bridgehead atoms. The highest BCUT2D eigenvalue weighted by molar-refractivity contribution is 4.97. The number of hydrogen-bond acceptors (Lipinski definition) is 5. The van der Waals surface area contributed by atoms with Crippen LogP contribution in [0.15, 0.2) is 4.42 Å². The van der Waals surface area contributed by atoms with E-state index in [2.05, 4.69) is 10.2 Å². The van der Waals surface area contributed by atoms with Crippen LogP contribution in [-0.2, 0) is 11.2 Å². The molecule has 1 saturated heterocycles. The molecule has 0 amide bonds. The third-order valence-corrected chi connectivity index (χ3v) is 2.53. The summed E-state index contributed by atoms with van der Waals surface area (Å²) in [7, 11) is 0. The van der Waals surface area contributed by atoms with Crippen LogP contribution < -0.4 is 5.73 Å². The molecule has 14 heavy (non-hydrogen) atoms. The quantitative estimate of drug-likeness (QED) is 0.762. The molecule has 1 aromatic heterocycles. The smallest absolute Gasteiger partial charge is 0.222 e. The summed E-state index contributed by atoms with van der Waals surface area (Å²) in [6.45, 7) is 3.35. The molecule has 5 nitrogen and oxygen atoms in total. The molecule has 0 aliphatic carbocycles. The van der Waals surface area contributed by atoms with Gasteiger partial charge in [-0.1, -0.05) is 0 Å². The first-order valence-electron chi connectivity index (χ1n) is 4.95. The van der Waals surface area contributed by atoms with Gasteiger partial charge in [0.1, 0.15) is 0 Å². The van der Waals surface area contributed by atoms with Gasteiger partial charge in [-0.3, -0.25) is 0 Å². The lowest BCUT2D eigenvalue weighted by atomic mass is 10.0. The fraction of sp³-hybridized carbons (Fsp3) is 0.778. The maximum atomic E-state index is 5.50. The highest BCUT2D eigenvalue weighted by Crippen LogP contribution is 2.29. The first-order chi connectivity index (χ1) is 6.81. The molecule has 1 aromatic rings. The van der Waals surface area contributed by atoms with E-state index in [1.165, 1.54) is 0 Å². The Labute approximate surface area is 82.6 Å². The molecule has 0 spiro atoms. The molecule has 0 radical (unpaired) electrons. The molecule has 2 atom stereocenters. The van der Waals surface area contributed by atoms with E-state index in [0.29, 0.717) is 24.7 Å². The minimum absolute atomic E-state index is 0.182. The molecule has 5 heteroatoms. The van der Waals surface area contributed by atoms with Crippen molar-refractivity contribution in [3.05, 3.63) is 11.8 Å². The van der Waals surface area contributed by atoms with E-state index in [-0.39, 0.29) is 12.0 Å². The van der Waals surface area contributed by atoms with Gasteiger partial charge in [0, 0.05) is 19.6 Å². The lowest BCUT2D eigenvalue weighted by Gasteiger charge is -2.07. The van der Waals surface area contributed by atoms with Crippen molar-refractivity contribution < 1.29 is 9.15 Å². The van der Waals surface area contributed by atoms with Gasteiger partial charge in [-0.05, 0) is 13.3 Å². The van der Waals surface area contributed by atoms with Crippen molar-refractivity contribution in [2.75, 3.05) is 13.2 Å². The number of ether oxygens (including phenoxy) is 1. The van der Waals surface area contributed by atoms with Gasteiger partial charge in [0.25, 0.3) is 0 Å². The predicted molar refractivity (Wildman–Crippen MR) is 49.8 cm³/mol. The van der Waals surface area contributed by atoms with Crippen molar-refractivity contribution in [2.24, 2.45) is 5.73 Å². The van der Waals surface area contributed by atoms with Gasteiger partial charge in [0.15, 0.2) is 0 Å². The minimum Gasteiger partial charge on any atom is -0.425 e. The molecule has 78 valence electrons. The second-order valence-electron chi connectivity index (χ2n) is 3.54. The zero-order chi connectivity index (χ0) is 9.97. The second-order valence-corrected chi connectivity index (χ2v) is 3.54. The molecule has 2 heterocycles. The average Bonchev–Trinajstić information content (AvgIpc) is 2.74. The Kier molecular flexibility index (Phi) is 2.79. The van der Waals surface area contributed by atoms with E-state index in [1.807, 2.05) is 6.92 Å². The van der Waals surface area contributed by atoms with Crippen molar-refractivity contribution >= 4 is 0 Å². The minimum atomic E-state index is 0.182. The van der Waals surface area contributed by atoms with Gasteiger partial charge in [0.05, 0.1) is 12.0 Å². The highest BCUT2D eigenvalue weighted by Gasteiger charge is 2.30. The first kappa shape index (κ1) is 9.61. The van der Waals surface area contributed by atoms with E-state index in [0.717, 1.165) is 13.0 Å². The van der Waals surface area contributed by atoms with Crippen LogP contribution in [0.1, 0.15) is 31.0 Å². The zero-order valence-electron chi connectivity index (χ0n) is 8.27. The Balaban J connectivity index is 2.08. The van der Waals surface area contributed by atoms with Crippen molar-refractivity contribution in [3.8, 4) is 0 Å². The van der Waals surface area contributed by atoms with Gasteiger partial charge in [-0.2, -0.15) is 0 Å². The lowest BCUT2D eigenvalue weighted by molar-refractivity contribution is 0.114. The van der Waals surface area contributed by atoms with Crippen LogP contribution in [0.25, 0.3) is 0 Å². The molecular formula is C9H15N3O2. The van der Waals surface area contributed by atoms with Crippen molar-refractivity contribution in [3.63, 3.8) is 0 Å². The van der Waals surface area contributed by atoms with E-state index in [9.17, 15) is 0 Å². The Morgan fingerprint density at radius 2 is 2.36 bits per heavy atom. The van der Waals surface area contributed by atoms with E-state index in [4.69, 9.17) is 14.9 Å². The molecule has 2 unspecified atom stereocenters. The molecule has 1 aliphatic heterocycles. The average molecular weight is 197 g/mol. The van der Waals surface area contributed by atoms with Crippen LogP contribution in [0, 0.1) is 0 Å². The van der Waals surface area contributed by atoms with Gasteiger partial charge in [-0.15, -0.1) is 10.2 Å². The number of nitrogens with two attached hydrogens (primary N) is 1. The Hall–Kier alpha value is -0.940. The number of nitrogens with zero attached hydrogens (tertiary/aromatic N) is 2. The molecule has 0 aromatic carbocycles. The van der Waals surface area contributed by atoms with Gasteiger partial charge >= 0.3 is 0 Å². The van der Waals surface area contributed by atoms with Crippen LogP contribution in [0.2, 0.25) is 0 Å². The molecule has 2 rings (SSSR count). The fourth-order valence-corrected chi connectivity index (χ4v) is 1.70. The summed E-state index contributed by atoms with van der Waals surface area (Å²) in [4.78, 5) is 0. The largest absolute Gasteiger partial charge is 0.425 e. The maximum absolute atomic E-state index is 5.50. The monoisotopic (exact) mass is 197 g/mol. The van der Waals surface area contributed by atoms with Crippen LogP contribution in [0.5, 0.6) is 0 Å². The standard InChI is InChI=1S/C9H15N3O2/c1-6-7(3-5-13-6)9-12-11-8(14-9)2-4-10/h6-7H,2-5,10H2,1H3. The topological polar surface area (TPSA) is 74.2 Å². The summed E-state index contributed by atoms with van der Waals surface area (Å²) in [5, 5.41) is 7.95. The summed E-state index contributed by atoms with van der Waals surface area (Å²) in [5.41, 5.74) is 5.40. The van der Waals surface area contributed by atoms with Gasteiger partial charge in [-0.25, -0.2) is 0 Å². The molecule has 0 saturated carbocycles. The predicted octanol–water partition coefficient (Wildman–Crippen LogP) is 0.463. The number of rotatable bonds is 3. The van der Waals surface area contributed by atoms with Crippen LogP contribution in [-0.4, -0.2) is 29.5 Å². The van der Waals surface area contributed by atoms with E-state index < -0.39 is 0 Å². The second kappa shape index (κ2) is 4.06. The lowest BCUT2D eigenvalue weighted by Crippen LogP contribution is -2.09. The zero-order valence-corrected chi connectivity index (χ0v) is 8.27. The maximum Gasteiger partial charge on any atom is 0.222 e. The summed E-state index contributed by atoms with van der Waals surface area (Å²) < 4.78 is 10.9. The Morgan fingerprint density at radius 3 is 3.00 bits per heavy atom. The molecular weight excluding hydrogens is 182 g/mol. The third kappa shape index (κ3) is 1.78. The normalized spacial score (nSPS) is 27.0. The fourth-order valence-electron chi connectivity index (χ4n) is 1.70. The summed E-state index contributed by atoms with van der Waals surface area (Å²) in [6.07, 6.45) is 1.79. The third-order valence-electron chi connectivity index (χ3n) is 2.53. The van der Waals surface area contributed by atoms with Crippen LogP contribution in [0.3, 0.4) is 0 Å². The van der Waals surface area contributed by atoms with Crippen LogP contribution in [0.4, 0.5) is 0 Å². The Morgan fingerprint density at radius 1 is 1.50 bits per heavy atom. The SMILES string of the molecule is CC1OCCC1c1nnc(CCN)o1. The number of hydrogen-bond donors (Lipinski definition) is 1. The summed E-state index contributed by atoms with van der Waals surface area (Å²) >= 11 is 0. The number of aromatic nitrogens is 2. The van der Waals surface area contributed by atoms with E-state index >= 15 is 0 Å². The van der Waals surface area contributed by atoms with Crippen molar-refractivity contribution in [1.82, 2.24) is 10.2 Å². The summed E-state index contributed by atoms with van der Waals surface area (Å²) in [5.74, 6) is 1.58. The van der Waals surface area contributed by atoms with Crippen LogP contribution >= 0.6 is 0 Å². The Bertz CT molecular complexity index is 300. The van der Waals surface area contributed by atoms with E-state index in [1.54, 1.807) is 0 Å². The van der Waals surface area contributed by atoms with Crippen molar-refractivity contribution in [2.45, 2.75) is 31.8 Å². The highest BCUT2D eigenvalue weighted by atomic mass is 16.5. The van der Waals surface area contributed by atoms with Gasteiger partial charge < -0.3 is 14.9 Å². The summed E-state index contributed by atoms with van der Waals surface area (Å²) in [6, 6.07) is 0. The first-order valence-corrected chi connectivity index (χ1v) is 4.95. The van der Waals surface area contributed by atoms with Gasteiger partial charge in [0.2, 0.25) is 11.8 Å².